The Kier molecular flexibility index (Phi) is 4.67. The Bertz CT molecular complexity index is 659. The van der Waals surface area contributed by atoms with Gasteiger partial charge >= 0.3 is 0 Å². The molecule has 2 aromatic carbocycles. The average Bonchev–Trinajstić information content (AvgIpc) is 2.41. The Balaban J connectivity index is 2.21. The summed E-state index contributed by atoms with van der Waals surface area (Å²) in [5.41, 5.74) is 0.992. The molecule has 2 N–H and O–H groups in total. The summed E-state index contributed by atoms with van der Waals surface area (Å²) in [6.07, 6.45) is 0. The Morgan fingerprint density at radius 1 is 1.20 bits per heavy atom. The van der Waals surface area contributed by atoms with E-state index in [2.05, 4.69) is 37.2 Å². The third-order valence-corrected chi connectivity index (χ3v) is 3.77. The Morgan fingerprint density at radius 3 is 2.55 bits per heavy atom. The van der Waals surface area contributed by atoms with E-state index in [1.807, 2.05) is 12.1 Å². The van der Waals surface area contributed by atoms with Gasteiger partial charge in [-0.3, -0.25) is 4.79 Å². The first-order valence-electron chi connectivity index (χ1n) is 5.64. The monoisotopic (exact) mass is 399 g/mol. The van der Waals surface area contributed by atoms with Crippen molar-refractivity contribution in [3.05, 3.63) is 50.9 Å². The minimum atomic E-state index is -0.314. The predicted molar refractivity (Wildman–Crippen MR) is 84.5 cm³/mol. The van der Waals surface area contributed by atoms with Gasteiger partial charge in [-0.05, 0) is 52.3 Å². The smallest absolute Gasteiger partial charge is 0.255 e. The van der Waals surface area contributed by atoms with E-state index in [1.165, 1.54) is 13.2 Å². The summed E-state index contributed by atoms with van der Waals surface area (Å²) >= 11 is 6.71. The zero-order chi connectivity index (χ0) is 14.7. The molecule has 20 heavy (non-hydrogen) atoms. The van der Waals surface area contributed by atoms with E-state index in [1.54, 1.807) is 18.2 Å². The highest BCUT2D eigenvalue weighted by atomic mass is 79.9. The number of aromatic hydroxyl groups is 1. The van der Waals surface area contributed by atoms with Crippen LogP contribution in [0.5, 0.6) is 11.5 Å². The number of amides is 1. The van der Waals surface area contributed by atoms with Crippen LogP contribution in [-0.4, -0.2) is 18.1 Å². The molecular formula is C14H11Br2NO3. The molecule has 0 aliphatic heterocycles. The lowest BCUT2D eigenvalue weighted by Gasteiger charge is -2.09. The molecule has 4 nitrogen and oxygen atoms in total. The zero-order valence-corrected chi connectivity index (χ0v) is 13.7. The van der Waals surface area contributed by atoms with Crippen LogP contribution in [0.2, 0.25) is 0 Å². The van der Waals surface area contributed by atoms with Gasteiger partial charge in [0.1, 0.15) is 0 Å². The molecule has 0 heterocycles. The third-order valence-electron chi connectivity index (χ3n) is 2.62. The predicted octanol–water partition coefficient (Wildman–Crippen LogP) is 4.18. The number of nitrogens with one attached hydrogen (secondary N) is 1. The van der Waals surface area contributed by atoms with Gasteiger partial charge in [0.2, 0.25) is 0 Å². The van der Waals surface area contributed by atoms with Crippen molar-refractivity contribution in [2.75, 3.05) is 12.4 Å². The molecule has 0 spiro atoms. The number of methoxy groups -OCH3 is 1. The van der Waals surface area contributed by atoms with Crippen molar-refractivity contribution in [1.29, 1.82) is 0 Å². The van der Waals surface area contributed by atoms with Crippen LogP contribution in [0.25, 0.3) is 0 Å². The molecule has 0 bridgehead atoms. The van der Waals surface area contributed by atoms with Crippen molar-refractivity contribution < 1.29 is 14.6 Å². The number of anilines is 1. The number of carbonyl (C=O) groups excluding carboxylic acids is 1. The largest absolute Gasteiger partial charge is 0.504 e. The summed E-state index contributed by atoms with van der Waals surface area (Å²) in [7, 11) is 1.45. The van der Waals surface area contributed by atoms with Gasteiger partial charge in [0.15, 0.2) is 11.5 Å². The second kappa shape index (κ2) is 6.28. The third kappa shape index (κ3) is 3.32. The fraction of sp³-hybridized carbons (Fsp3) is 0.0714. The molecule has 0 fully saturated rings. The molecule has 104 valence electrons. The first kappa shape index (κ1) is 14.9. The summed E-state index contributed by atoms with van der Waals surface area (Å²) < 4.78 is 6.60. The highest BCUT2D eigenvalue weighted by molar-refractivity contribution is 9.11. The number of hydrogen-bond acceptors (Lipinski definition) is 3. The first-order valence-corrected chi connectivity index (χ1v) is 7.23. The first-order chi connectivity index (χ1) is 9.51. The van der Waals surface area contributed by atoms with E-state index in [0.29, 0.717) is 17.0 Å². The fourth-order valence-corrected chi connectivity index (χ4v) is 2.76. The van der Waals surface area contributed by atoms with E-state index >= 15 is 0 Å². The number of benzene rings is 2. The van der Waals surface area contributed by atoms with Crippen molar-refractivity contribution in [1.82, 2.24) is 0 Å². The number of hydrogen-bond donors (Lipinski definition) is 2. The van der Waals surface area contributed by atoms with Gasteiger partial charge in [-0.2, -0.15) is 0 Å². The maximum Gasteiger partial charge on any atom is 0.255 e. The van der Waals surface area contributed by atoms with Crippen LogP contribution in [-0.2, 0) is 0 Å². The van der Waals surface area contributed by atoms with Gasteiger partial charge in [-0.1, -0.05) is 15.9 Å². The van der Waals surface area contributed by atoms with Gasteiger partial charge in [0, 0.05) is 14.5 Å². The maximum atomic E-state index is 12.1. The highest BCUT2D eigenvalue weighted by Gasteiger charge is 2.11. The molecule has 0 radical (unpaired) electrons. The number of halogens is 2. The summed E-state index contributed by atoms with van der Waals surface area (Å²) in [5, 5.41) is 12.4. The van der Waals surface area contributed by atoms with E-state index < -0.39 is 0 Å². The SMILES string of the molecule is COc1ccc(C(=O)Nc2ccc(Br)cc2Br)cc1O. The van der Waals surface area contributed by atoms with Crippen molar-refractivity contribution in [3.8, 4) is 11.5 Å². The van der Waals surface area contributed by atoms with Crippen LogP contribution in [0.1, 0.15) is 10.4 Å². The van der Waals surface area contributed by atoms with Gasteiger partial charge in [0.25, 0.3) is 5.91 Å². The van der Waals surface area contributed by atoms with Crippen LogP contribution >= 0.6 is 31.9 Å². The standard InChI is InChI=1S/C14H11Br2NO3/c1-20-13-5-2-8(6-12(13)18)14(19)17-11-4-3-9(15)7-10(11)16/h2-7,18H,1H3,(H,17,19). The quantitative estimate of drug-likeness (QED) is 0.812. The second-order valence-corrected chi connectivity index (χ2v) is 5.73. The fourth-order valence-electron chi connectivity index (χ4n) is 1.62. The molecule has 1 amide bonds. The topological polar surface area (TPSA) is 58.6 Å². The summed E-state index contributed by atoms with van der Waals surface area (Å²) in [4.78, 5) is 12.1. The molecule has 0 aliphatic rings. The lowest BCUT2D eigenvalue weighted by molar-refractivity contribution is 0.102. The molecule has 6 heteroatoms. The molecule has 0 atom stereocenters. The summed E-state index contributed by atoms with van der Waals surface area (Å²) in [6.45, 7) is 0. The van der Waals surface area contributed by atoms with Gasteiger partial charge < -0.3 is 15.2 Å². The lowest BCUT2D eigenvalue weighted by Crippen LogP contribution is -2.12. The van der Waals surface area contributed by atoms with Crippen molar-refractivity contribution in [2.45, 2.75) is 0 Å². The van der Waals surface area contributed by atoms with Crippen molar-refractivity contribution >= 4 is 43.5 Å². The molecule has 0 aliphatic carbocycles. The molecular weight excluding hydrogens is 390 g/mol. The van der Waals surface area contributed by atoms with Gasteiger partial charge in [-0.25, -0.2) is 0 Å². The van der Waals surface area contributed by atoms with Crippen LogP contribution in [0.15, 0.2) is 45.3 Å². The second-order valence-electron chi connectivity index (χ2n) is 3.96. The highest BCUT2D eigenvalue weighted by Crippen LogP contribution is 2.29. The Morgan fingerprint density at radius 2 is 1.95 bits per heavy atom. The summed E-state index contributed by atoms with van der Waals surface area (Å²) in [5.74, 6) is -0.0626. The number of phenols is 1. The molecule has 0 saturated heterocycles. The van der Waals surface area contributed by atoms with Crippen LogP contribution in [0.4, 0.5) is 5.69 Å². The molecule has 0 aromatic heterocycles. The van der Waals surface area contributed by atoms with E-state index in [-0.39, 0.29) is 11.7 Å². The number of carbonyl (C=O) groups is 1. The molecule has 2 aromatic rings. The minimum Gasteiger partial charge on any atom is -0.504 e. The Labute approximate surface area is 133 Å². The zero-order valence-electron chi connectivity index (χ0n) is 10.5. The normalized spacial score (nSPS) is 10.2. The number of phenolic OH excluding ortho intramolecular Hbond substituents is 1. The van der Waals surface area contributed by atoms with E-state index in [0.717, 1.165) is 8.95 Å². The van der Waals surface area contributed by atoms with Gasteiger partial charge in [-0.15, -0.1) is 0 Å². The molecule has 2 rings (SSSR count). The molecule has 0 unspecified atom stereocenters. The molecule has 0 saturated carbocycles. The summed E-state index contributed by atoms with van der Waals surface area (Å²) in [6, 6.07) is 9.92. The number of rotatable bonds is 3. The van der Waals surface area contributed by atoms with E-state index in [4.69, 9.17) is 4.74 Å². The van der Waals surface area contributed by atoms with E-state index in [9.17, 15) is 9.90 Å². The van der Waals surface area contributed by atoms with Crippen molar-refractivity contribution in [2.24, 2.45) is 0 Å². The van der Waals surface area contributed by atoms with Crippen molar-refractivity contribution in [3.63, 3.8) is 0 Å². The average molecular weight is 401 g/mol. The number of ether oxygens (including phenoxy) is 1. The van der Waals surface area contributed by atoms with Crippen LogP contribution in [0, 0.1) is 0 Å². The maximum absolute atomic E-state index is 12.1. The van der Waals surface area contributed by atoms with Gasteiger partial charge in [0.05, 0.1) is 12.8 Å². The van der Waals surface area contributed by atoms with Crippen LogP contribution in [0.3, 0.4) is 0 Å². The van der Waals surface area contributed by atoms with Crippen LogP contribution < -0.4 is 10.1 Å². The Hall–Kier alpha value is -1.53. The minimum absolute atomic E-state index is 0.0741. The lowest BCUT2D eigenvalue weighted by atomic mass is 10.2.